The number of carbonyl (C=O) groups excluding carboxylic acids is 2. The fraction of sp³-hybridized carbons (Fsp3) is 0.0312. The molecule has 0 unspecified atom stereocenters. The van der Waals surface area contributed by atoms with Crippen molar-refractivity contribution in [1.29, 1.82) is 0 Å². The molecule has 0 aliphatic carbocycles. The third kappa shape index (κ3) is 5.69. The molecule has 6 rings (SSSR count). The Balaban J connectivity index is 1.29. The summed E-state index contributed by atoms with van der Waals surface area (Å²) in [5, 5.41) is 23.4. The molecule has 1 N–H and O–H groups in total. The van der Waals surface area contributed by atoms with Crippen molar-refractivity contribution >= 4 is 51.0 Å². The highest BCUT2D eigenvalue weighted by Crippen LogP contribution is 2.31. The van der Waals surface area contributed by atoms with E-state index in [0.717, 1.165) is 10.6 Å². The molecule has 0 atom stereocenters. The Morgan fingerprint density at radius 2 is 1.57 bits per heavy atom. The Hall–Kier alpha value is -6.01. The molecule has 5 aromatic rings. The van der Waals surface area contributed by atoms with E-state index in [1.807, 2.05) is 35.7 Å². The molecule has 4 aromatic carbocycles. The van der Waals surface area contributed by atoms with Gasteiger partial charge in [-0.3, -0.25) is 25.1 Å². The number of anilines is 2. The minimum atomic E-state index is -0.530. The lowest BCUT2D eigenvalue weighted by molar-refractivity contribution is -0.384. The second-order valence-electron chi connectivity index (χ2n) is 9.46. The Kier molecular flexibility index (Phi) is 7.72. The zero-order valence-electron chi connectivity index (χ0n) is 23.1. The standard InChI is InChI=1S/C32H22N6O5S/c1-43-26-17-11-20(12-18-26)27-19-44-32(33-27)37-31(40)29(28(36-37)21-9-15-25(16-10-21)38(41)42)35-34-24-13-7-23(8-14-24)30(39)22-5-3-2-4-6-22/h2-19,34H,1H3. The molecule has 0 fully saturated rings. The van der Waals surface area contributed by atoms with Gasteiger partial charge in [-0.25, -0.2) is 4.98 Å². The second-order valence-corrected chi connectivity index (χ2v) is 10.3. The first-order chi connectivity index (χ1) is 21.4. The number of hydrazone groups is 2. The molecule has 0 radical (unpaired) electrons. The van der Waals surface area contributed by atoms with E-state index < -0.39 is 10.8 Å². The molecule has 1 amide bonds. The summed E-state index contributed by atoms with van der Waals surface area (Å²) in [6, 6.07) is 28.7. The summed E-state index contributed by atoms with van der Waals surface area (Å²) in [7, 11) is 1.59. The van der Waals surface area contributed by atoms with Crippen molar-refractivity contribution in [3.63, 3.8) is 0 Å². The van der Waals surface area contributed by atoms with E-state index in [4.69, 9.17) is 4.74 Å². The first-order valence-electron chi connectivity index (χ1n) is 13.2. The average molecular weight is 603 g/mol. The molecule has 1 aliphatic heterocycles. The number of thiazole rings is 1. The van der Waals surface area contributed by atoms with Gasteiger partial charge in [-0.1, -0.05) is 30.3 Å². The van der Waals surface area contributed by atoms with E-state index in [-0.39, 0.29) is 22.9 Å². The lowest BCUT2D eigenvalue weighted by atomic mass is 10.0. The minimum Gasteiger partial charge on any atom is -0.497 e. The molecule has 1 aliphatic rings. The molecule has 2 heterocycles. The van der Waals surface area contributed by atoms with Gasteiger partial charge in [-0.15, -0.1) is 11.3 Å². The van der Waals surface area contributed by atoms with Crippen LogP contribution < -0.4 is 15.2 Å². The normalized spacial score (nSPS) is 13.6. The number of non-ortho nitro benzene ring substituents is 1. The van der Waals surface area contributed by atoms with Gasteiger partial charge in [0.15, 0.2) is 11.5 Å². The van der Waals surface area contributed by atoms with Crippen LogP contribution in [0.2, 0.25) is 0 Å². The fourth-order valence-corrected chi connectivity index (χ4v) is 5.17. The molecule has 0 bridgehead atoms. The van der Waals surface area contributed by atoms with Crippen LogP contribution in [0.3, 0.4) is 0 Å². The summed E-state index contributed by atoms with van der Waals surface area (Å²) in [6.45, 7) is 0. The van der Waals surface area contributed by atoms with Crippen molar-refractivity contribution in [3.05, 3.63) is 135 Å². The largest absolute Gasteiger partial charge is 0.497 e. The maximum atomic E-state index is 13.7. The highest BCUT2D eigenvalue weighted by Gasteiger charge is 2.36. The minimum absolute atomic E-state index is 0.00973. The van der Waals surface area contributed by atoms with Gasteiger partial charge >= 0.3 is 5.91 Å². The van der Waals surface area contributed by atoms with Crippen LogP contribution in [0.4, 0.5) is 16.5 Å². The van der Waals surface area contributed by atoms with E-state index in [1.54, 1.807) is 55.6 Å². The first-order valence-corrected chi connectivity index (χ1v) is 14.1. The van der Waals surface area contributed by atoms with Crippen LogP contribution >= 0.6 is 11.3 Å². The molecule has 0 spiro atoms. The van der Waals surface area contributed by atoms with Crippen LogP contribution in [0.5, 0.6) is 5.75 Å². The van der Waals surface area contributed by atoms with Gasteiger partial charge in [0.2, 0.25) is 5.13 Å². The van der Waals surface area contributed by atoms with Crippen molar-refractivity contribution in [3.8, 4) is 17.0 Å². The molecular weight excluding hydrogens is 580 g/mol. The Bertz CT molecular complexity index is 1920. The molecule has 216 valence electrons. The number of methoxy groups -OCH3 is 1. The predicted octanol–water partition coefficient (Wildman–Crippen LogP) is 6.18. The zero-order valence-corrected chi connectivity index (χ0v) is 23.9. The van der Waals surface area contributed by atoms with E-state index in [1.165, 1.54) is 35.6 Å². The summed E-state index contributed by atoms with van der Waals surface area (Å²) in [4.78, 5) is 41.7. The van der Waals surface area contributed by atoms with Crippen LogP contribution in [0.1, 0.15) is 21.5 Å². The SMILES string of the molecule is COc1ccc(-c2csc(N3N=C(c4ccc([N+](=O)[O-])cc4)C(=NNc4ccc(C(=O)c5ccccc5)cc4)C3=O)n2)cc1. The number of nitrogens with zero attached hydrogens (tertiary/aromatic N) is 5. The third-order valence-electron chi connectivity index (χ3n) is 6.71. The highest BCUT2D eigenvalue weighted by atomic mass is 32.1. The van der Waals surface area contributed by atoms with Crippen molar-refractivity contribution in [2.24, 2.45) is 10.2 Å². The van der Waals surface area contributed by atoms with Crippen LogP contribution in [0.15, 0.2) is 119 Å². The van der Waals surface area contributed by atoms with Gasteiger partial charge < -0.3 is 4.74 Å². The average Bonchev–Trinajstić information content (AvgIpc) is 3.69. The smallest absolute Gasteiger partial charge is 0.303 e. The number of amides is 1. The summed E-state index contributed by atoms with van der Waals surface area (Å²) in [5.41, 5.74) is 6.55. The number of hydrogen-bond donors (Lipinski definition) is 1. The summed E-state index contributed by atoms with van der Waals surface area (Å²) < 4.78 is 5.22. The van der Waals surface area contributed by atoms with E-state index in [9.17, 15) is 19.7 Å². The molecule has 0 saturated heterocycles. The lowest BCUT2D eigenvalue weighted by Gasteiger charge is -2.07. The highest BCUT2D eigenvalue weighted by molar-refractivity contribution is 7.14. The van der Waals surface area contributed by atoms with Crippen molar-refractivity contribution in [2.45, 2.75) is 0 Å². The number of carbonyl (C=O) groups is 2. The maximum Gasteiger partial charge on any atom is 0.303 e. The number of nitro benzene ring substituents is 1. The number of rotatable bonds is 9. The second kappa shape index (κ2) is 12.1. The summed E-state index contributed by atoms with van der Waals surface area (Å²) in [6.07, 6.45) is 0. The van der Waals surface area contributed by atoms with Crippen LogP contribution in [0, 0.1) is 10.1 Å². The van der Waals surface area contributed by atoms with Crippen molar-refractivity contribution < 1.29 is 19.2 Å². The monoisotopic (exact) mass is 602 g/mol. The van der Waals surface area contributed by atoms with Crippen LogP contribution in [-0.2, 0) is 4.79 Å². The van der Waals surface area contributed by atoms with Gasteiger partial charge in [-0.2, -0.15) is 15.2 Å². The summed E-state index contributed by atoms with van der Waals surface area (Å²) >= 11 is 1.24. The number of ether oxygens (including phenoxy) is 1. The molecule has 0 saturated carbocycles. The molecule has 44 heavy (non-hydrogen) atoms. The lowest BCUT2D eigenvalue weighted by Crippen LogP contribution is -2.28. The van der Waals surface area contributed by atoms with Gasteiger partial charge in [0, 0.05) is 39.8 Å². The molecule has 1 aromatic heterocycles. The number of benzene rings is 4. The van der Waals surface area contributed by atoms with E-state index in [2.05, 4.69) is 20.6 Å². The molecular formula is C32H22N6O5S. The van der Waals surface area contributed by atoms with Crippen LogP contribution in [-0.4, -0.2) is 40.1 Å². The Labute approximate surface area is 254 Å². The number of nitro groups is 1. The third-order valence-corrected chi connectivity index (χ3v) is 7.53. The Morgan fingerprint density at radius 3 is 2.23 bits per heavy atom. The fourth-order valence-electron chi connectivity index (χ4n) is 4.39. The number of hydrogen-bond acceptors (Lipinski definition) is 10. The summed E-state index contributed by atoms with van der Waals surface area (Å²) in [5.74, 6) is 0.0644. The van der Waals surface area contributed by atoms with Gasteiger partial charge in [-0.05, 0) is 60.7 Å². The maximum absolute atomic E-state index is 13.7. The Morgan fingerprint density at radius 1 is 0.909 bits per heavy atom. The van der Waals surface area contributed by atoms with Crippen molar-refractivity contribution in [1.82, 2.24) is 4.98 Å². The predicted molar refractivity (Wildman–Crippen MR) is 169 cm³/mol. The van der Waals surface area contributed by atoms with E-state index >= 15 is 0 Å². The van der Waals surface area contributed by atoms with Gasteiger partial charge in [0.05, 0.1) is 23.4 Å². The first kappa shape index (κ1) is 28.1. The number of ketones is 1. The number of aromatic nitrogens is 1. The zero-order chi connectivity index (χ0) is 30.6. The van der Waals surface area contributed by atoms with Gasteiger partial charge in [0.1, 0.15) is 11.5 Å². The van der Waals surface area contributed by atoms with Crippen molar-refractivity contribution in [2.75, 3.05) is 17.5 Å². The molecule has 12 heteroatoms. The number of nitrogens with one attached hydrogen (secondary N) is 1. The van der Waals surface area contributed by atoms with Gasteiger partial charge in [0.25, 0.3) is 5.69 Å². The van der Waals surface area contributed by atoms with Crippen LogP contribution in [0.25, 0.3) is 11.3 Å². The topological polar surface area (TPSA) is 139 Å². The quantitative estimate of drug-likeness (QED) is 0.121. The molecule has 11 nitrogen and oxygen atoms in total. The van der Waals surface area contributed by atoms with E-state index in [0.29, 0.717) is 39.0 Å².